The van der Waals surface area contributed by atoms with Crippen LogP contribution in [-0.4, -0.2) is 0 Å². The van der Waals surface area contributed by atoms with Crippen molar-refractivity contribution in [2.24, 2.45) is 5.84 Å². The fourth-order valence-corrected chi connectivity index (χ4v) is 3.11. The molecule has 2 nitrogen and oxygen atoms in total. The molecule has 0 heterocycles. The minimum absolute atomic E-state index is 0.126. The van der Waals surface area contributed by atoms with Crippen LogP contribution >= 0.6 is 22.6 Å². The molecule has 2 aromatic carbocycles. The van der Waals surface area contributed by atoms with Crippen LogP contribution in [0.4, 0.5) is 4.39 Å². The molecule has 0 fully saturated rings. The molecule has 0 bridgehead atoms. The molecule has 0 aliphatic rings. The van der Waals surface area contributed by atoms with Gasteiger partial charge in [-0.1, -0.05) is 43.7 Å². The molecular formula is C16H18FIN2. The lowest BCUT2D eigenvalue weighted by molar-refractivity contribution is 0.612. The van der Waals surface area contributed by atoms with E-state index < -0.39 is 0 Å². The summed E-state index contributed by atoms with van der Waals surface area (Å²) < 4.78 is 14.1. The molecule has 1 atom stereocenters. The van der Waals surface area contributed by atoms with E-state index in [0.29, 0.717) is 0 Å². The summed E-state index contributed by atoms with van der Waals surface area (Å²) >= 11 is 2.14. The second kappa shape index (κ2) is 7.15. The van der Waals surface area contributed by atoms with Crippen LogP contribution in [0, 0.1) is 9.39 Å². The van der Waals surface area contributed by atoms with Crippen LogP contribution in [0.5, 0.6) is 0 Å². The molecule has 0 saturated carbocycles. The largest absolute Gasteiger partial charge is 0.271 e. The SMILES string of the molecule is CCCc1cccc(C(NN)c2ccc(F)cc2I)c1. The highest BCUT2D eigenvalue weighted by Crippen LogP contribution is 2.27. The first-order valence-corrected chi connectivity index (χ1v) is 7.73. The summed E-state index contributed by atoms with van der Waals surface area (Å²) in [5.41, 5.74) is 6.22. The fourth-order valence-electron chi connectivity index (χ4n) is 2.32. The molecule has 3 N–H and O–H groups in total. The first-order chi connectivity index (χ1) is 9.65. The highest BCUT2D eigenvalue weighted by atomic mass is 127. The Labute approximate surface area is 132 Å². The summed E-state index contributed by atoms with van der Waals surface area (Å²) in [5, 5.41) is 0. The quantitative estimate of drug-likeness (QED) is 0.466. The molecule has 20 heavy (non-hydrogen) atoms. The molecule has 106 valence electrons. The first kappa shape index (κ1) is 15.4. The van der Waals surface area contributed by atoms with Crippen molar-refractivity contribution in [2.75, 3.05) is 0 Å². The van der Waals surface area contributed by atoms with Gasteiger partial charge in [-0.3, -0.25) is 5.84 Å². The maximum atomic E-state index is 13.2. The van der Waals surface area contributed by atoms with Gasteiger partial charge >= 0.3 is 0 Å². The predicted octanol–water partition coefficient (Wildman–Crippen LogP) is 3.94. The molecule has 0 aliphatic carbocycles. The first-order valence-electron chi connectivity index (χ1n) is 6.65. The van der Waals surface area contributed by atoms with Crippen LogP contribution in [0.25, 0.3) is 0 Å². The lowest BCUT2D eigenvalue weighted by atomic mass is 9.96. The standard InChI is InChI=1S/C16H18FIN2/c1-2-4-11-5-3-6-12(9-11)16(20-19)14-8-7-13(17)10-15(14)18/h3,5-10,16,20H,2,4,19H2,1H3. The van der Waals surface area contributed by atoms with E-state index in [-0.39, 0.29) is 11.9 Å². The molecule has 0 aromatic heterocycles. The van der Waals surface area contributed by atoms with Gasteiger partial charge in [0.25, 0.3) is 0 Å². The number of nitrogens with one attached hydrogen (secondary N) is 1. The average Bonchev–Trinajstić information content (AvgIpc) is 2.43. The van der Waals surface area contributed by atoms with Crippen molar-refractivity contribution in [3.63, 3.8) is 0 Å². The average molecular weight is 384 g/mol. The Kier molecular flexibility index (Phi) is 5.51. The molecule has 1 unspecified atom stereocenters. The number of benzene rings is 2. The Morgan fingerprint density at radius 1 is 1.25 bits per heavy atom. The van der Waals surface area contributed by atoms with Crippen molar-refractivity contribution >= 4 is 22.6 Å². The van der Waals surface area contributed by atoms with Gasteiger partial charge in [-0.25, -0.2) is 9.82 Å². The van der Waals surface area contributed by atoms with E-state index in [1.807, 2.05) is 12.1 Å². The minimum Gasteiger partial charge on any atom is -0.271 e. The summed E-state index contributed by atoms with van der Waals surface area (Å²) in [6.45, 7) is 2.16. The zero-order valence-electron chi connectivity index (χ0n) is 11.4. The Morgan fingerprint density at radius 3 is 2.70 bits per heavy atom. The summed E-state index contributed by atoms with van der Waals surface area (Å²) in [4.78, 5) is 0. The summed E-state index contributed by atoms with van der Waals surface area (Å²) in [6, 6.07) is 13.0. The highest BCUT2D eigenvalue weighted by molar-refractivity contribution is 14.1. The molecule has 0 aliphatic heterocycles. The van der Waals surface area contributed by atoms with Gasteiger partial charge in [-0.05, 0) is 57.8 Å². The Morgan fingerprint density at radius 2 is 2.05 bits per heavy atom. The van der Waals surface area contributed by atoms with Crippen LogP contribution in [0.15, 0.2) is 42.5 Å². The van der Waals surface area contributed by atoms with Crippen molar-refractivity contribution in [2.45, 2.75) is 25.8 Å². The second-order valence-electron chi connectivity index (χ2n) is 4.76. The van der Waals surface area contributed by atoms with Gasteiger partial charge in [0.2, 0.25) is 0 Å². The van der Waals surface area contributed by atoms with Gasteiger partial charge in [0, 0.05) is 3.57 Å². The summed E-state index contributed by atoms with van der Waals surface area (Å²) in [7, 11) is 0. The van der Waals surface area contributed by atoms with E-state index in [1.54, 1.807) is 6.07 Å². The molecule has 0 saturated heterocycles. The Hall–Kier alpha value is -0.980. The van der Waals surface area contributed by atoms with Crippen LogP contribution < -0.4 is 11.3 Å². The topological polar surface area (TPSA) is 38.0 Å². The third-order valence-corrected chi connectivity index (χ3v) is 4.20. The number of hydrazine groups is 1. The van der Waals surface area contributed by atoms with Crippen molar-refractivity contribution in [3.05, 3.63) is 68.5 Å². The molecule has 4 heteroatoms. The zero-order valence-corrected chi connectivity index (χ0v) is 13.5. The lowest BCUT2D eigenvalue weighted by Gasteiger charge is -2.19. The van der Waals surface area contributed by atoms with Crippen LogP contribution in [-0.2, 0) is 6.42 Å². The van der Waals surface area contributed by atoms with E-state index in [4.69, 9.17) is 5.84 Å². The van der Waals surface area contributed by atoms with Crippen molar-refractivity contribution in [1.82, 2.24) is 5.43 Å². The monoisotopic (exact) mass is 384 g/mol. The maximum absolute atomic E-state index is 13.2. The van der Waals surface area contributed by atoms with Gasteiger partial charge in [-0.15, -0.1) is 0 Å². The smallest absolute Gasteiger partial charge is 0.124 e. The number of hydrogen-bond acceptors (Lipinski definition) is 2. The van der Waals surface area contributed by atoms with E-state index in [0.717, 1.165) is 27.5 Å². The normalized spacial score (nSPS) is 12.4. The van der Waals surface area contributed by atoms with Crippen LogP contribution in [0.1, 0.15) is 36.1 Å². The van der Waals surface area contributed by atoms with Crippen molar-refractivity contribution in [1.29, 1.82) is 0 Å². The minimum atomic E-state index is -0.228. The number of aryl methyl sites for hydroxylation is 1. The fraction of sp³-hybridized carbons (Fsp3) is 0.250. The molecular weight excluding hydrogens is 366 g/mol. The van der Waals surface area contributed by atoms with Crippen molar-refractivity contribution < 1.29 is 4.39 Å². The molecule has 0 spiro atoms. The van der Waals surface area contributed by atoms with Gasteiger partial charge in [0.15, 0.2) is 0 Å². The van der Waals surface area contributed by atoms with Crippen LogP contribution in [0.3, 0.4) is 0 Å². The van der Waals surface area contributed by atoms with Crippen LogP contribution in [0.2, 0.25) is 0 Å². The third kappa shape index (κ3) is 3.56. The van der Waals surface area contributed by atoms with Gasteiger partial charge in [0.05, 0.1) is 6.04 Å². The predicted molar refractivity (Wildman–Crippen MR) is 88.7 cm³/mol. The van der Waals surface area contributed by atoms with Crippen molar-refractivity contribution in [3.8, 4) is 0 Å². The lowest BCUT2D eigenvalue weighted by Crippen LogP contribution is -2.29. The van der Waals surface area contributed by atoms with Gasteiger partial charge in [0.1, 0.15) is 5.82 Å². The summed E-state index contributed by atoms with van der Waals surface area (Å²) in [5.74, 6) is 5.49. The molecule has 0 amide bonds. The maximum Gasteiger partial charge on any atom is 0.124 e. The zero-order chi connectivity index (χ0) is 14.5. The van der Waals surface area contributed by atoms with E-state index >= 15 is 0 Å². The highest BCUT2D eigenvalue weighted by Gasteiger charge is 2.16. The van der Waals surface area contributed by atoms with Gasteiger partial charge in [-0.2, -0.15) is 0 Å². The number of rotatable bonds is 5. The molecule has 2 aromatic rings. The number of halogens is 2. The Bertz CT molecular complexity index is 586. The van der Waals surface area contributed by atoms with E-state index in [2.05, 4.69) is 47.1 Å². The summed E-state index contributed by atoms with van der Waals surface area (Å²) in [6.07, 6.45) is 2.16. The number of hydrogen-bond donors (Lipinski definition) is 2. The van der Waals surface area contributed by atoms with E-state index in [9.17, 15) is 4.39 Å². The Balaban J connectivity index is 2.38. The second-order valence-corrected chi connectivity index (χ2v) is 5.92. The van der Waals surface area contributed by atoms with Gasteiger partial charge < -0.3 is 0 Å². The molecule has 2 rings (SSSR count). The number of nitrogens with two attached hydrogens (primary N) is 1. The third-order valence-electron chi connectivity index (χ3n) is 3.26. The van der Waals surface area contributed by atoms with E-state index in [1.165, 1.54) is 17.7 Å². The molecule has 0 radical (unpaired) electrons.